The summed E-state index contributed by atoms with van der Waals surface area (Å²) in [7, 11) is 1.82. The van der Waals surface area contributed by atoms with Gasteiger partial charge in [-0.2, -0.15) is 0 Å². The minimum absolute atomic E-state index is 0.274. The fraction of sp³-hybridized carbons (Fsp3) is 0.882. The molecule has 5 heteroatoms. The molecule has 1 N–H and O–H groups in total. The van der Waals surface area contributed by atoms with E-state index in [-0.39, 0.29) is 5.91 Å². The first-order valence-corrected chi connectivity index (χ1v) is 8.65. The number of guanidine groups is 1. The summed E-state index contributed by atoms with van der Waals surface area (Å²) in [5, 5.41) is 3.36. The van der Waals surface area contributed by atoms with Gasteiger partial charge in [0.15, 0.2) is 5.96 Å². The van der Waals surface area contributed by atoms with Gasteiger partial charge in [-0.3, -0.25) is 9.79 Å². The summed E-state index contributed by atoms with van der Waals surface area (Å²) in [6.45, 7) is 11.4. The van der Waals surface area contributed by atoms with Crippen molar-refractivity contribution in [2.45, 2.75) is 46.5 Å². The van der Waals surface area contributed by atoms with Gasteiger partial charge in [0.2, 0.25) is 5.91 Å². The van der Waals surface area contributed by atoms with Crippen molar-refractivity contribution in [3.63, 3.8) is 0 Å². The first-order chi connectivity index (χ1) is 10.4. The number of hydrogen-bond donors (Lipinski definition) is 1. The summed E-state index contributed by atoms with van der Waals surface area (Å²) in [6, 6.07) is 0. The summed E-state index contributed by atoms with van der Waals surface area (Å²) in [5.41, 5.74) is 0.359. The molecular weight excluding hydrogens is 276 g/mol. The molecular formula is C17H32N4O. The van der Waals surface area contributed by atoms with Gasteiger partial charge in [-0.1, -0.05) is 20.8 Å². The normalized spacial score (nSPS) is 25.5. The molecule has 0 aliphatic carbocycles. The number of carbonyl (C=O) groups is 1. The fourth-order valence-electron chi connectivity index (χ4n) is 3.48. The molecule has 0 aromatic carbocycles. The van der Waals surface area contributed by atoms with Gasteiger partial charge in [-0.25, -0.2) is 0 Å². The summed E-state index contributed by atoms with van der Waals surface area (Å²) in [5.74, 6) is 1.85. The van der Waals surface area contributed by atoms with E-state index in [1.165, 1.54) is 12.8 Å². The van der Waals surface area contributed by atoms with Gasteiger partial charge in [0, 0.05) is 46.2 Å². The highest BCUT2D eigenvalue weighted by molar-refractivity contribution is 5.81. The van der Waals surface area contributed by atoms with E-state index in [0.29, 0.717) is 24.3 Å². The van der Waals surface area contributed by atoms with Crippen LogP contribution in [0.25, 0.3) is 0 Å². The number of aliphatic imine (C=N–C) groups is 1. The second kappa shape index (κ2) is 7.34. The van der Waals surface area contributed by atoms with Crippen molar-refractivity contribution in [3.05, 3.63) is 0 Å². The quantitative estimate of drug-likeness (QED) is 0.640. The van der Waals surface area contributed by atoms with Gasteiger partial charge < -0.3 is 15.1 Å². The van der Waals surface area contributed by atoms with E-state index >= 15 is 0 Å². The second-order valence-electron chi connectivity index (χ2n) is 7.65. The van der Waals surface area contributed by atoms with Gasteiger partial charge in [-0.05, 0) is 30.6 Å². The molecule has 1 atom stereocenters. The molecule has 2 fully saturated rings. The Labute approximate surface area is 135 Å². The maximum Gasteiger partial charge on any atom is 0.224 e. The van der Waals surface area contributed by atoms with Crippen LogP contribution in [0.4, 0.5) is 0 Å². The van der Waals surface area contributed by atoms with Gasteiger partial charge in [0.25, 0.3) is 0 Å². The van der Waals surface area contributed by atoms with Crippen LogP contribution in [0, 0.1) is 11.3 Å². The first-order valence-electron chi connectivity index (χ1n) is 8.65. The first kappa shape index (κ1) is 17.1. The van der Waals surface area contributed by atoms with E-state index in [1.54, 1.807) is 0 Å². The largest absolute Gasteiger partial charge is 0.356 e. The molecule has 0 aromatic rings. The molecule has 0 aromatic heterocycles. The van der Waals surface area contributed by atoms with Crippen LogP contribution in [0.15, 0.2) is 4.99 Å². The van der Waals surface area contributed by atoms with Gasteiger partial charge in [0.05, 0.1) is 0 Å². The molecule has 2 heterocycles. The van der Waals surface area contributed by atoms with Gasteiger partial charge in [-0.15, -0.1) is 0 Å². The third kappa shape index (κ3) is 4.62. The Balaban J connectivity index is 1.74. The third-order valence-corrected chi connectivity index (χ3v) is 4.82. The highest BCUT2D eigenvalue weighted by atomic mass is 16.2. The summed E-state index contributed by atoms with van der Waals surface area (Å²) < 4.78 is 0. The molecule has 0 radical (unpaired) electrons. The molecule has 0 spiro atoms. The Morgan fingerprint density at radius 3 is 2.68 bits per heavy atom. The van der Waals surface area contributed by atoms with Crippen molar-refractivity contribution < 1.29 is 4.79 Å². The van der Waals surface area contributed by atoms with Crippen LogP contribution >= 0.6 is 0 Å². The predicted molar refractivity (Wildman–Crippen MR) is 90.9 cm³/mol. The molecule has 1 amide bonds. The van der Waals surface area contributed by atoms with E-state index in [9.17, 15) is 4.79 Å². The van der Waals surface area contributed by atoms with Crippen molar-refractivity contribution in [2.24, 2.45) is 16.3 Å². The SMILES string of the molecule is CN=C(NCCC(=O)N1CCCC(C)C1)N1CCC(C)(C)C1. The van der Waals surface area contributed by atoms with Gasteiger partial charge in [0.1, 0.15) is 0 Å². The molecule has 1 unspecified atom stereocenters. The van der Waals surface area contributed by atoms with Crippen LogP contribution in [-0.4, -0.2) is 61.4 Å². The van der Waals surface area contributed by atoms with Crippen LogP contribution in [0.2, 0.25) is 0 Å². The van der Waals surface area contributed by atoms with Crippen LogP contribution in [-0.2, 0) is 4.79 Å². The summed E-state index contributed by atoms with van der Waals surface area (Å²) in [4.78, 5) is 21.0. The summed E-state index contributed by atoms with van der Waals surface area (Å²) in [6.07, 6.45) is 4.14. The van der Waals surface area contributed by atoms with Crippen molar-refractivity contribution in [1.29, 1.82) is 0 Å². The van der Waals surface area contributed by atoms with Crippen molar-refractivity contribution in [3.8, 4) is 0 Å². The van der Waals surface area contributed by atoms with Crippen LogP contribution in [0.1, 0.15) is 46.5 Å². The zero-order valence-corrected chi connectivity index (χ0v) is 14.7. The average molecular weight is 308 g/mol. The molecule has 2 aliphatic rings. The topological polar surface area (TPSA) is 47.9 Å². The third-order valence-electron chi connectivity index (χ3n) is 4.82. The monoisotopic (exact) mass is 308 g/mol. The molecule has 0 saturated carbocycles. The standard InChI is InChI=1S/C17H32N4O/c1-14-6-5-10-20(12-14)15(22)7-9-19-16(18-4)21-11-8-17(2,3)13-21/h14H,5-13H2,1-4H3,(H,18,19). The number of piperidine rings is 1. The lowest BCUT2D eigenvalue weighted by Gasteiger charge is -2.31. The molecule has 2 aliphatic heterocycles. The molecule has 0 bridgehead atoms. The highest BCUT2D eigenvalue weighted by Gasteiger charge is 2.30. The molecule has 2 saturated heterocycles. The van der Waals surface area contributed by atoms with Crippen LogP contribution in [0.3, 0.4) is 0 Å². The van der Waals surface area contributed by atoms with E-state index in [4.69, 9.17) is 0 Å². The smallest absolute Gasteiger partial charge is 0.224 e. The maximum absolute atomic E-state index is 12.3. The molecule has 22 heavy (non-hydrogen) atoms. The molecule has 2 rings (SSSR count). The van der Waals surface area contributed by atoms with E-state index in [1.807, 2.05) is 11.9 Å². The summed E-state index contributed by atoms with van der Waals surface area (Å²) >= 11 is 0. The fourth-order valence-corrected chi connectivity index (χ4v) is 3.48. The number of amides is 1. The van der Waals surface area contributed by atoms with Crippen LogP contribution < -0.4 is 5.32 Å². The number of rotatable bonds is 3. The lowest BCUT2D eigenvalue weighted by atomic mass is 9.93. The zero-order chi connectivity index (χ0) is 16.2. The average Bonchev–Trinajstić information content (AvgIpc) is 2.83. The van der Waals surface area contributed by atoms with Crippen molar-refractivity contribution in [2.75, 3.05) is 39.8 Å². The lowest BCUT2D eigenvalue weighted by molar-refractivity contribution is -0.132. The number of carbonyl (C=O) groups excluding carboxylic acids is 1. The van der Waals surface area contributed by atoms with Gasteiger partial charge >= 0.3 is 0 Å². The van der Waals surface area contributed by atoms with E-state index in [0.717, 1.165) is 38.6 Å². The minimum Gasteiger partial charge on any atom is -0.356 e. The lowest BCUT2D eigenvalue weighted by Crippen LogP contribution is -2.43. The zero-order valence-electron chi connectivity index (χ0n) is 14.7. The molecule has 5 nitrogen and oxygen atoms in total. The minimum atomic E-state index is 0.274. The number of nitrogens with zero attached hydrogens (tertiary/aromatic N) is 3. The van der Waals surface area contributed by atoms with Crippen molar-refractivity contribution in [1.82, 2.24) is 15.1 Å². The second-order valence-corrected chi connectivity index (χ2v) is 7.65. The Morgan fingerprint density at radius 1 is 1.32 bits per heavy atom. The number of nitrogens with one attached hydrogen (secondary N) is 1. The predicted octanol–water partition coefficient (Wildman–Crippen LogP) is 1.94. The molecule has 126 valence electrons. The number of likely N-dealkylation sites (tertiary alicyclic amines) is 2. The van der Waals surface area contributed by atoms with E-state index in [2.05, 4.69) is 36.0 Å². The Bertz CT molecular complexity index is 419. The van der Waals surface area contributed by atoms with E-state index < -0.39 is 0 Å². The Morgan fingerprint density at radius 2 is 2.09 bits per heavy atom. The number of hydrogen-bond acceptors (Lipinski definition) is 2. The Kier molecular flexibility index (Phi) is 5.70. The van der Waals surface area contributed by atoms with Crippen molar-refractivity contribution >= 4 is 11.9 Å². The highest BCUT2D eigenvalue weighted by Crippen LogP contribution is 2.28. The van der Waals surface area contributed by atoms with Crippen LogP contribution in [0.5, 0.6) is 0 Å². The Hall–Kier alpha value is -1.26. The maximum atomic E-state index is 12.3.